The van der Waals surface area contributed by atoms with Crippen LogP contribution < -0.4 is 10.6 Å². The highest BCUT2D eigenvalue weighted by Gasteiger charge is 2.50. The second kappa shape index (κ2) is 6.39. The molecule has 1 aliphatic rings. The van der Waals surface area contributed by atoms with Crippen LogP contribution in [0.3, 0.4) is 0 Å². The quantitative estimate of drug-likeness (QED) is 0.663. The van der Waals surface area contributed by atoms with Crippen molar-refractivity contribution in [2.24, 2.45) is 0 Å². The van der Waals surface area contributed by atoms with E-state index < -0.39 is 17.3 Å². The van der Waals surface area contributed by atoms with Crippen LogP contribution in [0.2, 0.25) is 0 Å². The molecule has 2 N–H and O–H groups in total. The molecule has 25 heavy (non-hydrogen) atoms. The highest BCUT2D eigenvalue weighted by molar-refractivity contribution is 6.19. The number of amides is 2. The molecule has 1 aliphatic heterocycles. The third-order valence-corrected chi connectivity index (χ3v) is 4.24. The lowest BCUT2D eigenvalue weighted by Crippen LogP contribution is -2.40. The summed E-state index contributed by atoms with van der Waals surface area (Å²) in [6.45, 7) is 3.42. The van der Waals surface area contributed by atoms with Gasteiger partial charge in [0.15, 0.2) is 5.41 Å². The van der Waals surface area contributed by atoms with Gasteiger partial charge in [0.1, 0.15) is 0 Å². The molecule has 2 aromatic carbocycles. The van der Waals surface area contributed by atoms with Crippen LogP contribution in [-0.4, -0.2) is 24.4 Å². The van der Waals surface area contributed by atoms with Gasteiger partial charge in [0, 0.05) is 22.5 Å². The van der Waals surface area contributed by atoms with E-state index in [1.165, 1.54) is 6.92 Å². The van der Waals surface area contributed by atoms with Crippen LogP contribution in [0.1, 0.15) is 29.8 Å². The number of rotatable bonds is 4. The van der Waals surface area contributed by atoms with Gasteiger partial charge in [0.25, 0.3) is 5.91 Å². The van der Waals surface area contributed by atoms with Gasteiger partial charge in [-0.3, -0.25) is 14.4 Å². The summed E-state index contributed by atoms with van der Waals surface area (Å²) in [7, 11) is 0. The number of anilines is 2. The number of esters is 1. The average Bonchev–Trinajstić information content (AvgIpc) is 2.87. The fourth-order valence-electron chi connectivity index (χ4n) is 2.80. The second-order valence-corrected chi connectivity index (χ2v) is 5.88. The Morgan fingerprint density at radius 2 is 1.88 bits per heavy atom. The molecule has 2 aromatic rings. The first-order valence-corrected chi connectivity index (χ1v) is 7.96. The zero-order chi connectivity index (χ0) is 18.0. The molecular weight excluding hydrogens is 320 g/mol. The SMILES string of the molecule is CCOC(=O)C1(C)C(=O)Nc2cc(NC(=O)c3ccccc3)ccc21. The van der Waals surface area contributed by atoms with Gasteiger partial charge in [0.2, 0.25) is 5.91 Å². The largest absolute Gasteiger partial charge is 0.465 e. The summed E-state index contributed by atoms with van der Waals surface area (Å²) in [5, 5.41) is 5.47. The van der Waals surface area contributed by atoms with Crippen molar-refractivity contribution in [3.05, 3.63) is 59.7 Å². The predicted octanol–water partition coefficient (Wildman–Crippen LogP) is 2.71. The zero-order valence-corrected chi connectivity index (χ0v) is 14.0. The van der Waals surface area contributed by atoms with E-state index in [0.717, 1.165) is 0 Å². The maximum atomic E-state index is 12.3. The van der Waals surface area contributed by atoms with E-state index >= 15 is 0 Å². The molecule has 1 unspecified atom stereocenters. The lowest BCUT2D eigenvalue weighted by atomic mass is 9.84. The molecule has 0 saturated heterocycles. The van der Waals surface area contributed by atoms with Crippen molar-refractivity contribution in [2.45, 2.75) is 19.3 Å². The number of carbonyl (C=O) groups is 3. The molecule has 0 radical (unpaired) electrons. The van der Waals surface area contributed by atoms with Gasteiger partial charge in [-0.2, -0.15) is 0 Å². The van der Waals surface area contributed by atoms with E-state index in [0.29, 0.717) is 22.5 Å². The number of ether oxygens (including phenoxy) is 1. The summed E-state index contributed by atoms with van der Waals surface area (Å²) in [6.07, 6.45) is 0. The number of hydrogen-bond donors (Lipinski definition) is 2. The summed E-state index contributed by atoms with van der Waals surface area (Å²) in [6, 6.07) is 13.8. The van der Waals surface area contributed by atoms with Crippen molar-refractivity contribution >= 4 is 29.2 Å². The van der Waals surface area contributed by atoms with Gasteiger partial charge in [-0.15, -0.1) is 0 Å². The van der Waals surface area contributed by atoms with Gasteiger partial charge in [-0.25, -0.2) is 0 Å². The van der Waals surface area contributed by atoms with Gasteiger partial charge >= 0.3 is 5.97 Å². The number of hydrogen-bond acceptors (Lipinski definition) is 4. The van der Waals surface area contributed by atoms with Crippen molar-refractivity contribution in [1.82, 2.24) is 0 Å². The van der Waals surface area contributed by atoms with Crippen LogP contribution in [0.5, 0.6) is 0 Å². The molecule has 0 spiro atoms. The molecule has 1 atom stereocenters. The summed E-state index contributed by atoms with van der Waals surface area (Å²) in [5.41, 5.74) is 0.706. The van der Waals surface area contributed by atoms with Crippen LogP contribution in [0.25, 0.3) is 0 Å². The Morgan fingerprint density at radius 1 is 1.16 bits per heavy atom. The molecule has 0 saturated carbocycles. The summed E-state index contributed by atoms with van der Waals surface area (Å²) < 4.78 is 5.04. The molecule has 3 rings (SSSR count). The third-order valence-electron chi connectivity index (χ3n) is 4.24. The zero-order valence-electron chi connectivity index (χ0n) is 14.0. The Morgan fingerprint density at radius 3 is 2.56 bits per heavy atom. The van der Waals surface area contributed by atoms with E-state index in [4.69, 9.17) is 4.74 Å². The smallest absolute Gasteiger partial charge is 0.326 e. The maximum absolute atomic E-state index is 12.3. The first-order chi connectivity index (χ1) is 12.0. The fraction of sp³-hybridized carbons (Fsp3) is 0.211. The second-order valence-electron chi connectivity index (χ2n) is 5.88. The van der Waals surface area contributed by atoms with Crippen molar-refractivity contribution in [1.29, 1.82) is 0 Å². The lowest BCUT2D eigenvalue weighted by Gasteiger charge is -2.19. The first kappa shape index (κ1) is 16.7. The number of benzene rings is 2. The van der Waals surface area contributed by atoms with Gasteiger partial charge in [0.05, 0.1) is 6.61 Å². The Balaban J connectivity index is 1.87. The third kappa shape index (κ3) is 2.87. The number of fused-ring (bicyclic) bond motifs is 1. The molecule has 6 heteroatoms. The average molecular weight is 338 g/mol. The first-order valence-electron chi connectivity index (χ1n) is 7.96. The molecule has 6 nitrogen and oxygen atoms in total. The standard InChI is InChI=1S/C19H18N2O4/c1-3-25-18(24)19(2)14-10-9-13(11-15(14)21-17(19)23)20-16(22)12-7-5-4-6-8-12/h4-11H,3H2,1-2H3,(H,20,22)(H,21,23). The molecule has 128 valence electrons. The molecule has 0 aromatic heterocycles. The van der Waals surface area contributed by atoms with E-state index in [-0.39, 0.29) is 12.5 Å². The van der Waals surface area contributed by atoms with E-state index in [2.05, 4.69) is 10.6 Å². The van der Waals surface area contributed by atoms with Crippen LogP contribution in [0, 0.1) is 0 Å². The Bertz CT molecular complexity index is 848. The van der Waals surface area contributed by atoms with E-state index in [1.807, 2.05) is 6.07 Å². The number of carbonyl (C=O) groups excluding carboxylic acids is 3. The van der Waals surface area contributed by atoms with Gasteiger partial charge in [-0.1, -0.05) is 24.3 Å². The molecule has 2 amide bonds. The topological polar surface area (TPSA) is 84.5 Å². The monoisotopic (exact) mass is 338 g/mol. The highest BCUT2D eigenvalue weighted by atomic mass is 16.5. The summed E-state index contributed by atoms with van der Waals surface area (Å²) in [4.78, 5) is 36.8. The van der Waals surface area contributed by atoms with Crippen LogP contribution >= 0.6 is 0 Å². The highest BCUT2D eigenvalue weighted by Crippen LogP contribution is 2.40. The van der Waals surface area contributed by atoms with Crippen molar-refractivity contribution in [2.75, 3.05) is 17.2 Å². The van der Waals surface area contributed by atoms with Crippen molar-refractivity contribution in [3.8, 4) is 0 Å². The summed E-state index contributed by atoms with van der Waals surface area (Å²) >= 11 is 0. The lowest BCUT2D eigenvalue weighted by molar-refractivity contribution is -0.152. The minimum atomic E-state index is -1.38. The summed E-state index contributed by atoms with van der Waals surface area (Å²) in [5.74, 6) is -1.28. The number of nitrogens with one attached hydrogen (secondary N) is 2. The van der Waals surface area contributed by atoms with Crippen molar-refractivity contribution < 1.29 is 19.1 Å². The Hall–Kier alpha value is -3.15. The Labute approximate surface area is 145 Å². The Kier molecular flexibility index (Phi) is 4.27. The minimum Gasteiger partial charge on any atom is -0.465 e. The van der Waals surface area contributed by atoms with Crippen LogP contribution in [0.15, 0.2) is 48.5 Å². The van der Waals surface area contributed by atoms with E-state index in [9.17, 15) is 14.4 Å². The van der Waals surface area contributed by atoms with E-state index in [1.54, 1.807) is 49.4 Å². The fourth-order valence-corrected chi connectivity index (χ4v) is 2.80. The van der Waals surface area contributed by atoms with Crippen LogP contribution in [-0.2, 0) is 19.7 Å². The van der Waals surface area contributed by atoms with Gasteiger partial charge < -0.3 is 15.4 Å². The minimum absolute atomic E-state index is 0.197. The molecule has 0 aliphatic carbocycles. The molecule has 0 bridgehead atoms. The van der Waals surface area contributed by atoms with Crippen molar-refractivity contribution in [3.63, 3.8) is 0 Å². The predicted molar refractivity (Wildman–Crippen MR) is 93.5 cm³/mol. The maximum Gasteiger partial charge on any atom is 0.326 e. The molecule has 0 fully saturated rings. The van der Waals surface area contributed by atoms with Gasteiger partial charge in [-0.05, 0) is 38.1 Å². The normalized spacial score (nSPS) is 18.2. The molecule has 1 heterocycles. The molecular formula is C19H18N2O4. The van der Waals surface area contributed by atoms with Crippen LogP contribution in [0.4, 0.5) is 11.4 Å².